The van der Waals surface area contributed by atoms with Gasteiger partial charge in [-0.05, 0) is 61.2 Å². The van der Waals surface area contributed by atoms with E-state index in [9.17, 15) is 19.2 Å². The average molecular weight is 964 g/mol. The molecule has 9 rings (SSSR count). The minimum Gasteiger partial charge on any atom is -0.384 e. The smallest absolute Gasteiger partial charge is 0.303 e. The third-order valence-corrected chi connectivity index (χ3v) is 12.6. The highest BCUT2D eigenvalue weighted by molar-refractivity contribution is 7.14. The molecule has 5 heterocycles. The number of nitrogens with one attached hydrogen (secondary N) is 6. The van der Waals surface area contributed by atoms with Crippen LogP contribution in [0.4, 0.5) is 16.0 Å². The minimum absolute atomic E-state index is 0.0530. The first-order valence-electron chi connectivity index (χ1n) is 22.5. The molecule has 2 aliphatic rings. The minimum atomic E-state index is -0.428. The molecular weight excluding hydrogens is 915 g/mol. The van der Waals surface area contributed by atoms with Crippen molar-refractivity contribution in [1.82, 2.24) is 40.8 Å². The number of fused-ring (bicyclic) bond motifs is 1. The van der Waals surface area contributed by atoms with E-state index in [1.165, 1.54) is 46.7 Å². The fourth-order valence-corrected chi connectivity index (χ4v) is 8.56. The second-order valence-electron chi connectivity index (χ2n) is 16.1. The van der Waals surface area contributed by atoms with Crippen molar-refractivity contribution in [1.29, 1.82) is 0 Å². The van der Waals surface area contributed by atoms with Gasteiger partial charge >= 0.3 is 5.91 Å². The number of hydrogen-bond acceptors (Lipinski definition) is 15. The maximum absolute atomic E-state index is 13.6. The molecule has 1 fully saturated rings. The van der Waals surface area contributed by atoms with Crippen molar-refractivity contribution in [3.63, 3.8) is 0 Å². The highest BCUT2D eigenvalue weighted by Gasteiger charge is 2.36. The molecule has 0 radical (unpaired) electrons. The van der Waals surface area contributed by atoms with Crippen LogP contribution in [0, 0.1) is 0 Å². The monoisotopic (exact) mass is 963 g/mol. The Balaban J connectivity index is 0.663. The van der Waals surface area contributed by atoms with Gasteiger partial charge in [0.25, 0.3) is 11.8 Å². The lowest BCUT2D eigenvalue weighted by Gasteiger charge is -2.10. The van der Waals surface area contributed by atoms with Crippen LogP contribution in [0.5, 0.6) is 0 Å². The SMILES string of the molecule is O=C(Cn1ccc2cc(C(=O)NCCc3ccc(NCCNC4CC4)cc3)cnc21)NCCOCCNC(=O)c1ccc(-c2csc(N3N=C(c4ccccc4)/C(=N\Nc4nccs4)C3=O)n2)cc1. The number of rotatable bonds is 23. The molecule has 352 valence electrons. The predicted octanol–water partition coefficient (Wildman–Crippen LogP) is 5.53. The summed E-state index contributed by atoms with van der Waals surface area (Å²) in [4.78, 5) is 65.5. The van der Waals surface area contributed by atoms with Gasteiger partial charge in [-0.25, -0.2) is 15.0 Å². The van der Waals surface area contributed by atoms with E-state index in [1.807, 2.05) is 41.8 Å². The molecule has 0 bridgehead atoms. The molecule has 4 amide bonds. The van der Waals surface area contributed by atoms with Crippen LogP contribution in [0.2, 0.25) is 0 Å². The second-order valence-corrected chi connectivity index (χ2v) is 17.8. The summed E-state index contributed by atoms with van der Waals surface area (Å²) in [6.45, 7) is 3.46. The molecule has 0 unspecified atom stereocenters. The lowest BCUT2D eigenvalue weighted by molar-refractivity contribution is -0.121. The van der Waals surface area contributed by atoms with E-state index in [-0.39, 0.29) is 56.3 Å². The zero-order chi connectivity index (χ0) is 47.4. The lowest BCUT2D eigenvalue weighted by atomic mass is 10.1. The number of aromatic nitrogens is 4. The van der Waals surface area contributed by atoms with E-state index in [2.05, 4.69) is 81.4 Å². The predicted molar refractivity (Wildman–Crippen MR) is 269 cm³/mol. The molecule has 20 heteroatoms. The maximum atomic E-state index is 13.6. The van der Waals surface area contributed by atoms with E-state index < -0.39 is 5.91 Å². The summed E-state index contributed by atoms with van der Waals surface area (Å²) in [6, 6.07) is 28.9. The van der Waals surface area contributed by atoms with Gasteiger partial charge in [0.15, 0.2) is 5.71 Å². The Kier molecular flexibility index (Phi) is 15.1. The summed E-state index contributed by atoms with van der Waals surface area (Å²) in [6.07, 6.45) is 8.22. The van der Waals surface area contributed by atoms with Crippen LogP contribution < -0.4 is 37.0 Å². The number of thiazole rings is 2. The van der Waals surface area contributed by atoms with Crippen LogP contribution in [0.15, 0.2) is 131 Å². The number of nitrogens with zero attached hydrogens (tertiary/aromatic N) is 7. The van der Waals surface area contributed by atoms with Crippen molar-refractivity contribution < 1.29 is 23.9 Å². The van der Waals surface area contributed by atoms with Gasteiger partial charge in [0.1, 0.15) is 17.9 Å². The van der Waals surface area contributed by atoms with E-state index in [1.54, 1.807) is 52.7 Å². The Hall–Kier alpha value is -7.65. The number of benzene rings is 3. The molecule has 3 aromatic carbocycles. The molecule has 69 heavy (non-hydrogen) atoms. The van der Waals surface area contributed by atoms with Gasteiger partial charge in [-0.1, -0.05) is 54.6 Å². The first kappa shape index (κ1) is 46.5. The van der Waals surface area contributed by atoms with E-state index in [0.29, 0.717) is 57.5 Å². The highest BCUT2D eigenvalue weighted by Crippen LogP contribution is 2.31. The summed E-state index contributed by atoms with van der Waals surface area (Å²) in [5.74, 6) is -1.11. The summed E-state index contributed by atoms with van der Waals surface area (Å²) < 4.78 is 7.37. The topological polar surface area (TPSA) is 221 Å². The van der Waals surface area contributed by atoms with Crippen LogP contribution >= 0.6 is 22.7 Å². The number of carbonyl (C=O) groups is 4. The molecule has 0 saturated heterocycles. The van der Waals surface area contributed by atoms with Gasteiger partial charge in [-0.2, -0.15) is 15.2 Å². The zero-order valence-corrected chi connectivity index (χ0v) is 39.0. The summed E-state index contributed by atoms with van der Waals surface area (Å²) in [5, 5.41) is 31.1. The molecule has 0 atom stereocenters. The number of amides is 4. The number of pyridine rings is 1. The second kappa shape index (κ2) is 22.4. The number of anilines is 3. The highest BCUT2D eigenvalue weighted by atomic mass is 32.1. The third-order valence-electron chi connectivity index (χ3n) is 11.1. The molecule has 1 saturated carbocycles. The fourth-order valence-electron chi connectivity index (χ4n) is 7.31. The quantitative estimate of drug-likeness (QED) is 0.0346. The number of hydrazone groups is 2. The van der Waals surface area contributed by atoms with Gasteiger partial charge < -0.3 is 35.9 Å². The summed E-state index contributed by atoms with van der Waals surface area (Å²) in [7, 11) is 0. The first-order valence-corrected chi connectivity index (χ1v) is 24.3. The lowest BCUT2D eigenvalue weighted by Crippen LogP contribution is -2.32. The maximum Gasteiger partial charge on any atom is 0.303 e. The van der Waals surface area contributed by atoms with Gasteiger partial charge in [0, 0.05) is 95.9 Å². The molecule has 7 aromatic rings. The first-order chi connectivity index (χ1) is 33.8. The Labute approximate surface area is 405 Å². The van der Waals surface area contributed by atoms with Gasteiger partial charge in [0.05, 0.1) is 24.5 Å². The third kappa shape index (κ3) is 12.3. The molecule has 6 N–H and O–H groups in total. The molecule has 0 spiro atoms. The van der Waals surface area contributed by atoms with Crippen molar-refractivity contribution in [3.8, 4) is 11.3 Å². The van der Waals surface area contributed by atoms with Crippen LogP contribution in [-0.4, -0.2) is 107 Å². The van der Waals surface area contributed by atoms with Crippen molar-refractivity contribution in [3.05, 3.63) is 143 Å². The van der Waals surface area contributed by atoms with Gasteiger partial charge in [-0.15, -0.1) is 22.7 Å². The number of hydrogen-bond donors (Lipinski definition) is 6. The molecular formula is C49H49N13O5S2. The van der Waals surface area contributed by atoms with E-state index in [0.717, 1.165) is 40.9 Å². The van der Waals surface area contributed by atoms with Crippen LogP contribution in [0.3, 0.4) is 0 Å². The van der Waals surface area contributed by atoms with E-state index in [4.69, 9.17) is 4.74 Å². The molecule has 18 nitrogen and oxygen atoms in total. The Bertz CT molecular complexity index is 2950. The zero-order valence-electron chi connectivity index (χ0n) is 37.4. The Morgan fingerprint density at radius 3 is 2.36 bits per heavy atom. The Morgan fingerprint density at radius 2 is 1.58 bits per heavy atom. The molecule has 1 aliphatic carbocycles. The number of carbonyl (C=O) groups excluding carboxylic acids is 4. The van der Waals surface area contributed by atoms with Crippen molar-refractivity contribution in [2.45, 2.75) is 31.8 Å². The van der Waals surface area contributed by atoms with Crippen LogP contribution in [0.1, 0.15) is 44.7 Å². The normalized spacial score (nSPS) is 14.0. The summed E-state index contributed by atoms with van der Waals surface area (Å²) in [5.41, 5.74) is 9.25. The molecule has 4 aromatic heterocycles. The fraction of sp³-hybridized carbons (Fsp3) is 0.245. The largest absolute Gasteiger partial charge is 0.384 e. The average Bonchev–Trinajstić information content (AvgIpc) is 3.72. The van der Waals surface area contributed by atoms with Gasteiger partial charge in [-0.3, -0.25) is 24.6 Å². The summed E-state index contributed by atoms with van der Waals surface area (Å²) >= 11 is 2.63. The number of ether oxygens (including phenoxy) is 1. The standard InChI is InChI=1S/C49H49N13O5S2/c63-41(30-61-24-17-36-28-37(29-56-44(36)61)46(65)53-18-16-32-6-12-38(13-7-32)50-19-20-51-39-14-15-39)52-21-25-67-26-22-54-45(64)35-10-8-33(9-11-35)40-31-69-49(57-40)62-47(66)43(58-59-48-55-23-27-68-48)42(60-62)34-4-2-1-3-5-34/h1-13,17,23-24,27-29,31,39,50-51H,14-16,18-22,25-26,30H2,(H,52,63)(H,53,65)(H,54,64)(H,55,59)/b58-43+. The van der Waals surface area contributed by atoms with Crippen molar-refractivity contribution >= 4 is 84.7 Å². The Morgan fingerprint density at radius 1 is 0.797 bits per heavy atom. The van der Waals surface area contributed by atoms with Crippen LogP contribution in [0.25, 0.3) is 22.3 Å². The van der Waals surface area contributed by atoms with Crippen molar-refractivity contribution in [2.24, 2.45) is 10.2 Å². The van der Waals surface area contributed by atoms with E-state index >= 15 is 0 Å². The van der Waals surface area contributed by atoms with Crippen molar-refractivity contribution in [2.75, 3.05) is 61.7 Å². The van der Waals surface area contributed by atoms with Crippen LogP contribution in [-0.2, 0) is 27.3 Å². The van der Waals surface area contributed by atoms with Gasteiger partial charge in [0.2, 0.25) is 16.2 Å². The molecule has 1 aliphatic heterocycles.